The predicted molar refractivity (Wildman–Crippen MR) is 150 cm³/mol. The van der Waals surface area contributed by atoms with E-state index in [1.807, 2.05) is 39.0 Å². The molecule has 0 spiro atoms. The van der Waals surface area contributed by atoms with Crippen LogP contribution in [0.15, 0.2) is 68.4 Å². The van der Waals surface area contributed by atoms with Gasteiger partial charge in [0.05, 0.1) is 9.37 Å². The lowest BCUT2D eigenvalue weighted by atomic mass is 10.1. The summed E-state index contributed by atoms with van der Waals surface area (Å²) in [5.74, 6) is 0.127. The van der Waals surface area contributed by atoms with E-state index in [9.17, 15) is 13.2 Å². The van der Waals surface area contributed by atoms with Crippen LogP contribution in [0.5, 0.6) is 5.75 Å². The number of aryl methyl sites for hydroxylation is 3. The number of halogens is 2. The summed E-state index contributed by atoms with van der Waals surface area (Å²) in [5, 5.41) is 5.46. The second kappa shape index (κ2) is 11.5. The van der Waals surface area contributed by atoms with Crippen LogP contribution in [0.1, 0.15) is 16.7 Å². The molecule has 3 N–H and O–H groups in total. The second-order valence-corrected chi connectivity index (χ2v) is 11.7. The molecule has 3 rings (SSSR count). The predicted octanol–water partition coefficient (Wildman–Crippen LogP) is 5.83. The van der Waals surface area contributed by atoms with Crippen LogP contribution in [0, 0.1) is 20.8 Å². The van der Waals surface area contributed by atoms with Gasteiger partial charge >= 0.3 is 0 Å². The first kappa shape index (κ1) is 27.1. The molecular weight excluding hydrogens is 618 g/mol. The number of carbonyl (C=O) groups is 1. The Morgan fingerprint density at radius 2 is 1.57 bits per heavy atom. The number of rotatable bonds is 7. The molecule has 0 bridgehead atoms. The Kier molecular flexibility index (Phi) is 8.92. The Bertz CT molecular complexity index is 1330. The standard InChI is InChI=1S/C24H23Br2N3O4S2/c1-14-8-15(2)10-19(9-14)29-35(31,32)20-6-4-18(5-7-20)27-24(34)28-22(30)13-33-23-16(3)11-17(25)12-21(23)26/h4-12,29H,13H2,1-3H3,(H2,27,28,30,34). The SMILES string of the molecule is Cc1cc(C)cc(NS(=O)(=O)c2ccc(NC(=S)NC(=O)COc3c(C)cc(Br)cc3Br)cc2)c1. The van der Waals surface area contributed by atoms with Crippen molar-refractivity contribution in [2.24, 2.45) is 0 Å². The van der Waals surface area contributed by atoms with Gasteiger partial charge in [-0.15, -0.1) is 0 Å². The van der Waals surface area contributed by atoms with Crippen LogP contribution in [0.2, 0.25) is 0 Å². The van der Waals surface area contributed by atoms with Crippen molar-refractivity contribution in [3.63, 3.8) is 0 Å². The second-order valence-electron chi connectivity index (χ2n) is 7.83. The van der Waals surface area contributed by atoms with Gasteiger partial charge in [-0.05, 0) is 114 Å². The van der Waals surface area contributed by atoms with Crippen LogP contribution in [-0.4, -0.2) is 26.0 Å². The lowest BCUT2D eigenvalue weighted by Gasteiger charge is -2.13. The zero-order chi connectivity index (χ0) is 25.8. The molecule has 0 aromatic heterocycles. The van der Waals surface area contributed by atoms with Gasteiger partial charge in [0.2, 0.25) is 0 Å². The van der Waals surface area contributed by atoms with Gasteiger partial charge in [0.15, 0.2) is 11.7 Å². The molecule has 3 aromatic rings. The fraction of sp³-hybridized carbons (Fsp3) is 0.167. The number of anilines is 2. The van der Waals surface area contributed by atoms with Crippen LogP contribution in [-0.2, 0) is 14.8 Å². The summed E-state index contributed by atoms with van der Waals surface area (Å²) in [6.07, 6.45) is 0. The van der Waals surface area contributed by atoms with Crippen molar-refractivity contribution < 1.29 is 17.9 Å². The number of ether oxygens (including phenoxy) is 1. The maximum atomic E-state index is 12.7. The number of nitrogens with one attached hydrogen (secondary N) is 3. The molecule has 11 heteroatoms. The number of thiocarbonyl (C=S) groups is 1. The minimum atomic E-state index is -3.76. The molecule has 184 valence electrons. The number of sulfonamides is 1. The molecule has 0 heterocycles. The molecular formula is C24H23Br2N3O4S2. The van der Waals surface area contributed by atoms with Gasteiger partial charge in [-0.2, -0.15) is 0 Å². The molecule has 0 aliphatic carbocycles. The third-order valence-electron chi connectivity index (χ3n) is 4.69. The van der Waals surface area contributed by atoms with Gasteiger partial charge in [-0.1, -0.05) is 22.0 Å². The first-order valence-electron chi connectivity index (χ1n) is 10.3. The zero-order valence-electron chi connectivity index (χ0n) is 19.1. The third kappa shape index (κ3) is 7.76. The maximum absolute atomic E-state index is 12.7. The van der Waals surface area contributed by atoms with Crippen LogP contribution < -0.4 is 20.1 Å². The van der Waals surface area contributed by atoms with Gasteiger partial charge in [0.1, 0.15) is 5.75 Å². The quantitative estimate of drug-likeness (QED) is 0.281. The Labute approximate surface area is 227 Å². The molecule has 0 saturated carbocycles. The lowest BCUT2D eigenvalue weighted by Crippen LogP contribution is -2.37. The molecule has 35 heavy (non-hydrogen) atoms. The number of hydrogen-bond acceptors (Lipinski definition) is 5. The summed E-state index contributed by atoms with van der Waals surface area (Å²) in [6.45, 7) is 5.44. The minimum Gasteiger partial charge on any atom is -0.482 e. The first-order chi connectivity index (χ1) is 16.4. The molecule has 0 atom stereocenters. The van der Waals surface area contributed by atoms with E-state index in [0.29, 0.717) is 17.1 Å². The van der Waals surface area contributed by atoms with E-state index in [1.54, 1.807) is 24.3 Å². The van der Waals surface area contributed by atoms with Crippen molar-refractivity contribution in [1.29, 1.82) is 0 Å². The van der Waals surface area contributed by atoms with Crippen molar-refractivity contribution in [2.75, 3.05) is 16.6 Å². The van der Waals surface area contributed by atoms with E-state index in [4.69, 9.17) is 17.0 Å². The number of carbonyl (C=O) groups excluding carboxylic acids is 1. The number of hydrogen-bond donors (Lipinski definition) is 3. The minimum absolute atomic E-state index is 0.0640. The fourth-order valence-corrected chi connectivity index (χ4v) is 6.13. The topological polar surface area (TPSA) is 96.5 Å². The monoisotopic (exact) mass is 639 g/mol. The van der Waals surface area contributed by atoms with Gasteiger partial charge in [-0.25, -0.2) is 8.42 Å². The summed E-state index contributed by atoms with van der Waals surface area (Å²) in [5.41, 5.74) is 3.81. The van der Waals surface area contributed by atoms with E-state index >= 15 is 0 Å². The maximum Gasteiger partial charge on any atom is 0.264 e. The molecule has 3 aromatic carbocycles. The van der Waals surface area contributed by atoms with E-state index in [1.165, 1.54) is 12.1 Å². The van der Waals surface area contributed by atoms with E-state index < -0.39 is 15.9 Å². The van der Waals surface area contributed by atoms with E-state index in [0.717, 1.165) is 25.6 Å². The van der Waals surface area contributed by atoms with Crippen LogP contribution in [0.3, 0.4) is 0 Å². The van der Waals surface area contributed by atoms with Crippen LogP contribution >= 0.6 is 44.1 Å². The highest BCUT2D eigenvalue weighted by molar-refractivity contribution is 9.11. The smallest absolute Gasteiger partial charge is 0.264 e. The van der Waals surface area contributed by atoms with Crippen molar-refractivity contribution in [2.45, 2.75) is 25.7 Å². The molecule has 0 aliphatic rings. The molecule has 0 aliphatic heterocycles. The lowest BCUT2D eigenvalue weighted by molar-refractivity contribution is -0.121. The third-order valence-corrected chi connectivity index (χ3v) is 7.34. The molecule has 1 amide bonds. The van der Waals surface area contributed by atoms with Crippen molar-refractivity contribution in [3.8, 4) is 5.75 Å². The number of amides is 1. The van der Waals surface area contributed by atoms with Crippen molar-refractivity contribution in [3.05, 3.63) is 80.2 Å². The normalized spacial score (nSPS) is 11.0. The molecule has 0 radical (unpaired) electrons. The van der Waals surface area contributed by atoms with Crippen LogP contribution in [0.4, 0.5) is 11.4 Å². The molecule has 7 nitrogen and oxygen atoms in total. The van der Waals surface area contributed by atoms with Crippen molar-refractivity contribution in [1.82, 2.24) is 5.32 Å². The highest BCUT2D eigenvalue weighted by atomic mass is 79.9. The molecule has 0 saturated heterocycles. The van der Waals surface area contributed by atoms with Gasteiger partial charge in [0, 0.05) is 15.8 Å². The van der Waals surface area contributed by atoms with Gasteiger partial charge in [0.25, 0.3) is 15.9 Å². The number of benzene rings is 3. The largest absolute Gasteiger partial charge is 0.482 e. The zero-order valence-corrected chi connectivity index (χ0v) is 23.9. The fourth-order valence-electron chi connectivity index (χ4n) is 3.30. The van der Waals surface area contributed by atoms with Gasteiger partial charge < -0.3 is 10.1 Å². The molecule has 0 unspecified atom stereocenters. The average molecular weight is 641 g/mol. The summed E-state index contributed by atoms with van der Waals surface area (Å²) in [4.78, 5) is 12.3. The Morgan fingerprint density at radius 1 is 0.943 bits per heavy atom. The van der Waals surface area contributed by atoms with Crippen LogP contribution in [0.25, 0.3) is 0 Å². The van der Waals surface area contributed by atoms with Gasteiger partial charge in [-0.3, -0.25) is 14.8 Å². The molecule has 0 fully saturated rings. The average Bonchev–Trinajstić information content (AvgIpc) is 2.72. The summed E-state index contributed by atoms with van der Waals surface area (Å²) < 4.78 is 35.3. The summed E-state index contributed by atoms with van der Waals surface area (Å²) in [6, 6.07) is 15.2. The van der Waals surface area contributed by atoms with E-state index in [-0.39, 0.29) is 16.6 Å². The summed E-state index contributed by atoms with van der Waals surface area (Å²) in [7, 11) is -3.76. The highest BCUT2D eigenvalue weighted by Crippen LogP contribution is 2.32. The summed E-state index contributed by atoms with van der Waals surface area (Å²) >= 11 is 12.0. The highest BCUT2D eigenvalue weighted by Gasteiger charge is 2.15. The first-order valence-corrected chi connectivity index (χ1v) is 13.8. The van der Waals surface area contributed by atoms with Crippen molar-refractivity contribution >= 4 is 76.5 Å². The Balaban J connectivity index is 1.56. The Morgan fingerprint density at radius 3 is 2.17 bits per heavy atom. The Hall–Kier alpha value is -2.47. The van der Waals surface area contributed by atoms with E-state index in [2.05, 4.69) is 47.2 Å².